The topological polar surface area (TPSA) is 33.0 Å². The summed E-state index contributed by atoms with van der Waals surface area (Å²) < 4.78 is 4.87. The van der Waals surface area contributed by atoms with Crippen molar-refractivity contribution in [2.75, 3.05) is 6.61 Å². The van der Waals surface area contributed by atoms with E-state index < -0.39 is 0 Å². The van der Waals surface area contributed by atoms with E-state index >= 15 is 0 Å². The van der Waals surface area contributed by atoms with Gasteiger partial charge in [0.15, 0.2) is 0 Å². The van der Waals surface area contributed by atoms with E-state index in [4.69, 9.17) is 10.00 Å². The third-order valence-electron chi connectivity index (χ3n) is 0.625. The van der Waals surface area contributed by atoms with Gasteiger partial charge in [-0.3, -0.25) is 0 Å². The van der Waals surface area contributed by atoms with Crippen LogP contribution in [0.3, 0.4) is 0 Å². The number of hydrogen-bond donors (Lipinski definition) is 0. The Morgan fingerprint density at radius 2 is 2.10 bits per heavy atom. The number of rotatable bonds is 3. The lowest BCUT2D eigenvalue weighted by molar-refractivity contribution is 0.227. The summed E-state index contributed by atoms with van der Waals surface area (Å²) in [6.45, 7) is 9.95. The predicted molar refractivity (Wildman–Crippen MR) is 42.3 cm³/mol. The standard InChI is InChI=1S/C6H9NO.C2H6/c1-3-8-6(2)4-5-7;1-2/h2-4H2,1H3;1-2H3. The average Bonchev–Trinajstić information content (AvgIpc) is 1.93. The zero-order valence-corrected chi connectivity index (χ0v) is 6.98. The number of hydrogen-bond acceptors (Lipinski definition) is 2. The van der Waals surface area contributed by atoms with Gasteiger partial charge in [0, 0.05) is 0 Å². The van der Waals surface area contributed by atoms with Crippen LogP contribution in [0.1, 0.15) is 27.2 Å². The zero-order valence-electron chi connectivity index (χ0n) is 6.98. The number of ether oxygens (including phenoxy) is 1. The Balaban J connectivity index is 0. The van der Waals surface area contributed by atoms with Crippen molar-refractivity contribution < 1.29 is 4.74 Å². The van der Waals surface area contributed by atoms with Gasteiger partial charge in [-0.15, -0.1) is 0 Å². The highest BCUT2D eigenvalue weighted by atomic mass is 16.5. The van der Waals surface area contributed by atoms with Crippen LogP contribution in [0.15, 0.2) is 12.3 Å². The zero-order chi connectivity index (χ0) is 8.41. The van der Waals surface area contributed by atoms with Crippen LogP contribution in [0.25, 0.3) is 0 Å². The van der Waals surface area contributed by atoms with Gasteiger partial charge in [0.05, 0.1) is 19.1 Å². The molecule has 0 aromatic carbocycles. The van der Waals surface area contributed by atoms with Crippen LogP contribution in [-0.2, 0) is 4.74 Å². The van der Waals surface area contributed by atoms with Gasteiger partial charge in [-0.2, -0.15) is 5.26 Å². The summed E-state index contributed by atoms with van der Waals surface area (Å²) >= 11 is 0. The van der Waals surface area contributed by atoms with E-state index in [1.165, 1.54) is 0 Å². The molecule has 2 heteroatoms. The van der Waals surface area contributed by atoms with Crippen molar-refractivity contribution in [1.29, 1.82) is 5.26 Å². The lowest BCUT2D eigenvalue weighted by Gasteiger charge is -1.98. The fraction of sp³-hybridized carbons (Fsp3) is 0.625. The van der Waals surface area contributed by atoms with Crippen LogP contribution in [0.5, 0.6) is 0 Å². The third-order valence-corrected chi connectivity index (χ3v) is 0.625. The molecule has 0 fully saturated rings. The molecule has 0 rings (SSSR count). The van der Waals surface area contributed by atoms with E-state index in [9.17, 15) is 0 Å². The highest BCUT2D eigenvalue weighted by Gasteiger charge is 1.87. The molecule has 0 bridgehead atoms. The molecule has 0 aliphatic heterocycles. The van der Waals surface area contributed by atoms with E-state index in [1.54, 1.807) is 0 Å². The molecule has 2 nitrogen and oxygen atoms in total. The highest BCUT2D eigenvalue weighted by molar-refractivity contribution is 4.92. The van der Waals surface area contributed by atoms with E-state index in [0.717, 1.165) is 0 Å². The fourth-order valence-electron chi connectivity index (χ4n) is 0.343. The Morgan fingerprint density at radius 3 is 2.40 bits per heavy atom. The summed E-state index contributed by atoms with van der Waals surface area (Å²) in [7, 11) is 0. The van der Waals surface area contributed by atoms with E-state index in [0.29, 0.717) is 18.8 Å². The lowest BCUT2D eigenvalue weighted by Crippen LogP contribution is -1.86. The summed E-state index contributed by atoms with van der Waals surface area (Å²) in [5, 5.41) is 8.07. The Hall–Kier alpha value is -0.970. The molecule has 0 saturated carbocycles. The minimum atomic E-state index is 0.299. The monoisotopic (exact) mass is 141 g/mol. The predicted octanol–water partition coefficient (Wildman–Crippen LogP) is 2.48. The first-order valence-corrected chi connectivity index (χ1v) is 3.48. The van der Waals surface area contributed by atoms with E-state index in [1.807, 2.05) is 26.8 Å². The minimum absolute atomic E-state index is 0.299. The normalized spacial score (nSPS) is 6.60. The van der Waals surface area contributed by atoms with Crippen LogP contribution < -0.4 is 0 Å². The van der Waals surface area contributed by atoms with Gasteiger partial charge < -0.3 is 4.74 Å². The second-order valence-electron chi connectivity index (χ2n) is 1.31. The summed E-state index contributed by atoms with van der Waals surface area (Å²) in [6, 6.07) is 1.93. The first-order chi connectivity index (χ1) is 4.81. The van der Waals surface area contributed by atoms with Gasteiger partial charge in [0.25, 0.3) is 0 Å². The van der Waals surface area contributed by atoms with Gasteiger partial charge in [0.2, 0.25) is 0 Å². The van der Waals surface area contributed by atoms with Crippen molar-refractivity contribution in [1.82, 2.24) is 0 Å². The first kappa shape index (κ1) is 11.8. The second kappa shape index (κ2) is 10.9. The number of nitrogens with zero attached hydrogens (tertiary/aromatic N) is 1. The largest absolute Gasteiger partial charge is 0.498 e. The molecule has 10 heavy (non-hydrogen) atoms. The van der Waals surface area contributed by atoms with Crippen LogP contribution in [-0.4, -0.2) is 6.61 Å². The SMILES string of the molecule is C=C(CC#N)OCC.CC. The van der Waals surface area contributed by atoms with Crippen LogP contribution in [0.2, 0.25) is 0 Å². The molecule has 0 amide bonds. The molecular weight excluding hydrogens is 126 g/mol. The summed E-state index contributed by atoms with van der Waals surface area (Å²) in [5.74, 6) is 0.551. The van der Waals surface area contributed by atoms with Gasteiger partial charge in [-0.1, -0.05) is 20.4 Å². The van der Waals surface area contributed by atoms with Crippen molar-refractivity contribution in [3.8, 4) is 6.07 Å². The van der Waals surface area contributed by atoms with Gasteiger partial charge in [-0.25, -0.2) is 0 Å². The maximum atomic E-state index is 8.07. The minimum Gasteiger partial charge on any atom is -0.498 e. The summed E-state index contributed by atoms with van der Waals surface area (Å²) in [6.07, 6.45) is 0.299. The van der Waals surface area contributed by atoms with E-state index in [-0.39, 0.29) is 0 Å². The van der Waals surface area contributed by atoms with Crippen molar-refractivity contribution >= 4 is 0 Å². The fourth-order valence-corrected chi connectivity index (χ4v) is 0.343. The average molecular weight is 141 g/mol. The van der Waals surface area contributed by atoms with Gasteiger partial charge >= 0.3 is 0 Å². The second-order valence-corrected chi connectivity index (χ2v) is 1.31. The Morgan fingerprint density at radius 1 is 1.60 bits per heavy atom. The lowest BCUT2D eigenvalue weighted by atomic mass is 10.4. The molecule has 0 radical (unpaired) electrons. The molecular formula is C8H15NO. The van der Waals surface area contributed by atoms with Gasteiger partial charge in [0.1, 0.15) is 5.76 Å². The molecule has 0 aromatic rings. The summed E-state index contributed by atoms with van der Waals surface area (Å²) in [5.41, 5.74) is 0. The Labute approximate surface area is 63.1 Å². The maximum Gasteiger partial charge on any atom is 0.103 e. The molecule has 0 heterocycles. The molecule has 58 valence electrons. The van der Waals surface area contributed by atoms with Crippen molar-refractivity contribution in [3.05, 3.63) is 12.3 Å². The summed E-state index contributed by atoms with van der Waals surface area (Å²) in [4.78, 5) is 0. The van der Waals surface area contributed by atoms with Crippen LogP contribution in [0, 0.1) is 11.3 Å². The van der Waals surface area contributed by atoms with Crippen molar-refractivity contribution in [2.45, 2.75) is 27.2 Å². The first-order valence-electron chi connectivity index (χ1n) is 3.48. The molecule has 0 unspecified atom stereocenters. The third kappa shape index (κ3) is 10.1. The maximum absolute atomic E-state index is 8.07. The smallest absolute Gasteiger partial charge is 0.103 e. The number of allylic oxidation sites excluding steroid dienone is 1. The molecule has 0 N–H and O–H groups in total. The van der Waals surface area contributed by atoms with Crippen molar-refractivity contribution in [3.63, 3.8) is 0 Å². The molecule has 0 spiro atoms. The molecule has 0 saturated heterocycles. The van der Waals surface area contributed by atoms with Crippen LogP contribution >= 0.6 is 0 Å². The van der Waals surface area contributed by atoms with Crippen LogP contribution in [0.4, 0.5) is 0 Å². The quantitative estimate of drug-likeness (QED) is 0.565. The molecule has 0 atom stereocenters. The Bertz CT molecular complexity index is 113. The number of nitriles is 1. The Kier molecular flexibility index (Phi) is 12.9. The van der Waals surface area contributed by atoms with Gasteiger partial charge in [-0.05, 0) is 6.92 Å². The molecule has 0 aliphatic rings. The highest BCUT2D eigenvalue weighted by Crippen LogP contribution is 1.96. The molecule has 0 aromatic heterocycles. The molecule has 0 aliphatic carbocycles. The van der Waals surface area contributed by atoms with Crippen molar-refractivity contribution in [2.24, 2.45) is 0 Å². The van der Waals surface area contributed by atoms with E-state index in [2.05, 4.69) is 6.58 Å².